The van der Waals surface area contributed by atoms with Crippen LogP contribution in [0.15, 0.2) is 60.8 Å². The molecule has 1 atom stereocenters. The lowest BCUT2D eigenvalue weighted by molar-refractivity contribution is 0.114. The maximum atomic E-state index is 12.1. The second kappa shape index (κ2) is 8.00. The van der Waals surface area contributed by atoms with Gasteiger partial charge in [-0.3, -0.25) is 19.5 Å². The molecule has 0 spiro atoms. The summed E-state index contributed by atoms with van der Waals surface area (Å²) < 4.78 is 21.9. The first kappa shape index (κ1) is 18.6. The van der Waals surface area contributed by atoms with Gasteiger partial charge in [0.1, 0.15) is 5.69 Å². The number of aromatic nitrogens is 3. The van der Waals surface area contributed by atoms with E-state index in [1.54, 1.807) is 48.5 Å². The normalized spacial score (nSPS) is 12.9. The minimum absolute atomic E-state index is 0.0884. The fraction of sp³-hybridized carbons (Fsp3) is 0.0625. The van der Waals surface area contributed by atoms with Crippen LogP contribution in [0.25, 0.3) is 11.3 Å². The van der Waals surface area contributed by atoms with E-state index in [4.69, 9.17) is 20.3 Å². The van der Waals surface area contributed by atoms with E-state index in [9.17, 15) is 9.46 Å². The van der Waals surface area contributed by atoms with Gasteiger partial charge in [0.25, 0.3) is 0 Å². The summed E-state index contributed by atoms with van der Waals surface area (Å²) in [5.41, 5.74) is 7.66. The topological polar surface area (TPSA) is 148 Å². The number of nitrogens with zero attached hydrogens (tertiary/aromatic N) is 3. The molecule has 0 bridgehead atoms. The molecule has 2 aromatic carbocycles. The van der Waals surface area contributed by atoms with Crippen LogP contribution in [0.4, 0.5) is 5.69 Å². The molecule has 0 saturated heterocycles. The van der Waals surface area contributed by atoms with Gasteiger partial charge < -0.3 is 11.1 Å². The van der Waals surface area contributed by atoms with Crippen LogP contribution in [0.2, 0.25) is 0 Å². The average molecular weight is 388 g/mol. The van der Waals surface area contributed by atoms with Crippen LogP contribution in [0.1, 0.15) is 5.56 Å². The third-order valence-corrected chi connectivity index (χ3v) is 4.16. The molecule has 0 saturated carbocycles. The Labute approximate surface area is 154 Å². The summed E-state index contributed by atoms with van der Waals surface area (Å²) in [6, 6.07) is 15.8. The second-order valence-corrected chi connectivity index (χ2v) is 6.79. The third-order valence-electron chi connectivity index (χ3n) is 3.33. The Morgan fingerprint density at radius 1 is 1.26 bits per heavy atom. The van der Waals surface area contributed by atoms with Gasteiger partial charge in [-0.25, -0.2) is 4.57 Å². The lowest BCUT2D eigenvalue weighted by atomic mass is 10.1. The standard InChI is InChI=1S/C16H17N6O4P/c17-16(18)19-14-8-4-7-13(9-14)15-10-22(21-20-15)26-27(23,24)25-11-12-5-2-1-3-6-12/h1-10H,11H2,(H,23,24)(H4,17,18,19). The maximum absolute atomic E-state index is 12.1. The van der Waals surface area contributed by atoms with Crippen molar-refractivity contribution >= 4 is 19.5 Å². The molecule has 0 radical (unpaired) electrons. The fourth-order valence-corrected chi connectivity index (χ4v) is 2.84. The number of hydrogen-bond donors (Lipinski definition) is 4. The van der Waals surface area contributed by atoms with Crippen molar-refractivity contribution in [3.05, 3.63) is 66.4 Å². The number of benzene rings is 2. The summed E-state index contributed by atoms with van der Waals surface area (Å²) in [4.78, 5) is 10.6. The van der Waals surface area contributed by atoms with E-state index in [0.29, 0.717) is 16.9 Å². The zero-order valence-electron chi connectivity index (χ0n) is 14.0. The van der Waals surface area contributed by atoms with E-state index in [1.807, 2.05) is 6.07 Å². The number of nitrogens with one attached hydrogen (secondary N) is 2. The number of hydrogen-bond acceptors (Lipinski definition) is 6. The van der Waals surface area contributed by atoms with Crippen molar-refractivity contribution in [3.8, 4) is 11.3 Å². The Hall–Kier alpha value is -3.20. The van der Waals surface area contributed by atoms with Crippen LogP contribution in [0, 0.1) is 5.41 Å². The molecule has 1 unspecified atom stereocenters. The van der Waals surface area contributed by atoms with E-state index in [2.05, 4.69) is 15.6 Å². The first-order valence-corrected chi connectivity index (χ1v) is 9.26. The molecule has 0 fully saturated rings. The summed E-state index contributed by atoms with van der Waals surface area (Å²) in [6.45, 7) is -0.0884. The van der Waals surface area contributed by atoms with Gasteiger partial charge in [-0.05, 0) is 22.9 Å². The minimum atomic E-state index is -4.38. The lowest BCUT2D eigenvalue weighted by Gasteiger charge is -2.11. The number of rotatable bonds is 7. The lowest BCUT2D eigenvalue weighted by Crippen LogP contribution is -2.20. The Balaban J connectivity index is 1.66. The number of anilines is 1. The van der Waals surface area contributed by atoms with Crippen LogP contribution in [0.5, 0.6) is 0 Å². The molecular formula is C16H17N6O4P. The van der Waals surface area contributed by atoms with Gasteiger partial charge in [0.15, 0.2) is 5.96 Å². The van der Waals surface area contributed by atoms with Crippen molar-refractivity contribution in [2.24, 2.45) is 5.73 Å². The highest BCUT2D eigenvalue weighted by atomic mass is 31.2. The van der Waals surface area contributed by atoms with Crippen LogP contribution in [-0.4, -0.2) is 26.0 Å². The summed E-state index contributed by atoms with van der Waals surface area (Å²) in [5, 5.41) is 17.5. The molecule has 27 heavy (non-hydrogen) atoms. The number of guanidine groups is 1. The Morgan fingerprint density at radius 2 is 2.04 bits per heavy atom. The third kappa shape index (κ3) is 5.38. The van der Waals surface area contributed by atoms with Crippen LogP contribution < -0.4 is 15.7 Å². The molecule has 140 valence electrons. The second-order valence-electron chi connectivity index (χ2n) is 5.44. The molecule has 3 aromatic rings. The predicted octanol–water partition coefficient (Wildman–Crippen LogP) is 2.00. The largest absolute Gasteiger partial charge is 0.548 e. The van der Waals surface area contributed by atoms with Gasteiger partial charge in [0.2, 0.25) is 0 Å². The number of phosphoric ester groups is 1. The minimum Gasteiger partial charge on any atom is -0.370 e. The molecule has 10 nitrogen and oxygen atoms in total. The van der Waals surface area contributed by atoms with Gasteiger partial charge in [-0.1, -0.05) is 47.3 Å². The van der Waals surface area contributed by atoms with Crippen LogP contribution in [0.3, 0.4) is 0 Å². The molecule has 3 rings (SSSR count). The summed E-state index contributed by atoms with van der Waals surface area (Å²) >= 11 is 0. The molecule has 0 aliphatic rings. The van der Waals surface area contributed by atoms with Crippen LogP contribution in [-0.2, 0) is 15.7 Å². The zero-order valence-corrected chi connectivity index (χ0v) is 14.9. The quantitative estimate of drug-likeness (QED) is 0.273. The summed E-state index contributed by atoms with van der Waals surface area (Å²) in [6.07, 6.45) is 1.33. The Bertz CT molecular complexity index is 978. The Morgan fingerprint density at radius 3 is 2.78 bits per heavy atom. The molecular weight excluding hydrogens is 371 g/mol. The first-order chi connectivity index (χ1) is 12.9. The zero-order chi connectivity index (χ0) is 19.3. The monoisotopic (exact) mass is 388 g/mol. The van der Waals surface area contributed by atoms with Gasteiger partial charge in [0, 0.05) is 11.3 Å². The Kier molecular flexibility index (Phi) is 5.51. The highest BCUT2D eigenvalue weighted by Gasteiger charge is 2.24. The molecule has 0 aliphatic carbocycles. The maximum Gasteiger partial charge on any atom is 0.548 e. The summed E-state index contributed by atoms with van der Waals surface area (Å²) in [7, 11) is -4.38. The molecule has 5 N–H and O–H groups in total. The van der Waals surface area contributed by atoms with Crippen molar-refractivity contribution in [2.75, 3.05) is 5.32 Å². The number of phosphoric acid groups is 1. The fourth-order valence-electron chi connectivity index (χ4n) is 2.19. The van der Waals surface area contributed by atoms with Crippen molar-refractivity contribution in [1.82, 2.24) is 15.2 Å². The van der Waals surface area contributed by atoms with E-state index in [1.165, 1.54) is 6.20 Å². The smallest absolute Gasteiger partial charge is 0.370 e. The highest BCUT2D eigenvalue weighted by Crippen LogP contribution is 2.40. The number of nitrogens with two attached hydrogens (primary N) is 1. The van der Waals surface area contributed by atoms with E-state index in [-0.39, 0.29) is 12.6 Å². The molecule has 1 aromatic heterocycles. The molecule has 0 amide bonds. The van der Waals surface area contributed by atoms with Crippen LogP contribution >= 0.6 is 7.82 Å². The van der Waals surface area contributed by atoms with Crippen molar-refractivity contribution in [3.63, 3.8) is 0 Å². The van der Waals surface area contributed by atoms with Gasteiger partial charge in [-0.2, -0.15) is 0 Å². The average Bonchev–Trinajstić information content (AvgIpc) is 3.08. The molecule has 1 heterocycles. The van der Waals surface area contributed by atoms with E-state index in [0.717, 1.165) is 10.4 Å². The van der Waals surface area contributed by atoms with Crippen molar-refractivity contribution in [2.45, 2.75) is 6.61 Å². The summed E-state index contributed by atoms with van der Waals surface area (Å²) in [5.74, 6) is -0.198. The first-order valence-electron chi connectivity index (χ1n) is 7.76. The van der Waals surface area contributed by atoms with Gasteiger partial charge >= 0.3 is 7.82 Å². The molecule has 0 aliphatic heterocycles. The van der Waals surface area contributed by atoms with Gasteiger partial charge in [-0.15, -0.1) is 5.10 Å². The SMILES string of the molecule is N=C(N)Nc1cccc(-c2cn(OP(=O)(O)OCc3ccccc3)nn2)c1. The van der Waals surface area contributed by atoms with Crippen molar-refractivity contribution < 1.29 is 18.6 Å². The van der Waals surface area contributed by atoms with Gasteiger partial charge in [0.05, 0.1) is 12.8 Å². The van der Waals surface area contributed by atoms with Crippen molar-refractivity contribution in [1.29, 1.82) is 5.41 Å². The van der Waals surface area contributed by atoms with E-state index >= 15 is 0 Å². The van der Waals surface area contributed by atoms with E-state index < -0.39 is 7.82 Å². The predicted molar refractivity (Wildman–Crippen MR) is 98.6 cm³/mol. The molecule has 11 heteroatoms. The highest BCUT2D eigenvalue weighted by molar-refractivity contribution is 7.47.